The highest BCUT2D eigenvalue weighted by Gasteiger charge is 2.15. The van der Waals surface area contributed by atoms with Crippen LogP contribution in [-0.4, -0.2) is 55.8 Å². The van der Waals surface area contributed by atoms with E-state index in [1.54, 1.807) is 0 Å². The van der Waals surface area contributed by atoms with E-state index in [0.717, 1.165) is 31.9 Å². The number of unbranched alkanes of at least 4 members (excludes halogenated alkanes) is 1. The summed E-state index contributed by atoms with van der Waals surface area (Å²) in [4.78, 5) is 16.0. The lowest BCUT2D eigenvalue weighted by atomic mass is 10.2. The van der Waals surface area contributed by atoms with E-state index < -0.39 is 5.60 Å². The molecule has 3 N–H and O–H groups in total. The van der Waals surface area contributed by atoms with E-state index in [0.29, 0.717) is 13.1 Å². The summed E-state index contributed by atoms with van der Waals surface area (Å²) in [7, 11) is 0. The summed E-state index contributed by atoms with van der Waals surface area (Å²) >= 11 is 1.88. The third-order valence-corrected chi connectivity index (χ3v) is 3.38. The van der Waals surface area contributed by atoms with Gasteiger partial charge in [-0.1, -0.05) is 0 Å². The van der Waals surface area contributed by atoms with Crippen LogP contribution in [0.4, 0.5) is 4.79 Å². The van der Waals surface area contributed by atoms with Gasteiger partial charge in [-0.25, -0.2) is 4.79 Å². The van der Waals surface area contributed by atoms with Gasteiger partial charge in [-0.2, -0.15) is 11.8 Å². The lowest BCUT2D eigenvalue weighted by Gasteiger charge is -2.19. The maximum atomic E-state index is 11.5. The van der Waals surface area contributed by atoms with Gasteiger partial charge in [-0.05, 0) is 59.0 Å². The molecular formula is C16H35IN4O2S. The molecule has 0 aliphatic carbocycles. The first-order chi connectivity index (χ1) is 10.9. The number of aliphatic imine (C=N–C) groups is 1. The Balaban J connectivity index is 0. The van der Waals surface area contributed by atoms with Crippen molar-refractivity contribution in [2.24, 2.45) is 4.99 Å². The van der Waals surface area contributed by atoms with Crippen LogP contribution in [0.3, 0.4) is 0 Å². The number of nitrogens with zero attached hydrogens (tertiary/aromatic N) is 1. The number of alkyl carbamates (subject to hydrolysis) is 1. The van der Waals surface area contributed by atoms with Crippen LogP contribution in [0.5, 0.6) is 0 Å². The highest BCUT2D eigenvalue weighted by Crippen LogP contribution is 2.06. The molecule has 0 unspecified atom stereocenters. The average Bonchev–Trinajstić information content (AvgIpc) is 2.44. The number of thioether (sulfide) groups is 1. The van der Waals surface area contributed by atoms with Gasteiger partial charge in [-0.3, -0.25) is 4.99 Å². The molecule has 0 atom stereocenters. The Labute approximate surface area is 168 Å². The van der Waals surface area contributed by atoms with Crippen molar-refractivity contribution in [3.05, 3.63) is 0 Å². The van der Waals surface area contributed by atoms with Crippen molar-refractivity contribution >= 4 is 47.8 Å². The molecule has 0 aliphatic heterocycles. The summed E-state index contributed by atoms with van der Waals surface area (Å²) in [6, 6.07) is 0. The van der Waals surface area contributed by atoms with Gasteiger partial charge in [0.15, 0.2) is 5.96 Å². The SMILES string of the molecule is CCNC(=NCCCNC(=O)OC(C)(C)C)NCCCCSC.I. The van der Waals surface area contributed by atoms with Crippen molar-refractivity contribution in [2.75, 3.05) is 38.2 Å². The zero-order chi connectivity index (χ0) is 17.6. The predicted octanol–water partition coefficient (Wildman–Crippen LogP) is 3.22. The number of halogens is 1. The molecular weight excluding hydrogens is 439 g/mol. The van der Waals surface area contributed by atoms with Gasteiger partial charge >= 0.3 is 6.09 Å². The number of nitrogens with one attached hydrogen (secondary N) is 3. The van der Waals surface area contributed by atoms with Crippen molar-refractivity contribution in [3.8, 4) is 0 Å². The first kappa shape index (κ1) is 25.9. The summed E-state index contributed by atoms with van der Waals surface area (Å²) in [6.45, 7) is 10.6. The molecule has 0 radical (unpaired) electrons. The summed E-state index contributed by atoms with van der Waals surface area (Å²) in [5.41, 5.74) is -0.458. The number of hydrogen-bond acceptors (Lipinski definition) is 4. The Bertz CT molecular complexity index is 349. The summed E-state index contributed by atoms with van der Waals surface area (Å²) in [5, 5.41) is 9.29. The minimum Gasteiger partial charge on any atom is -0.444 e. The number of carbonyl (C=O) groups is 1. The minimum absolute atomic E-state index is 0. The van der Waals surface area contributed by atoms with E-state index in [-0.39, 0.29) is 30.1 Å². The van der Waals surface area contributed by atoms with E-state index in [1.165, 1.54) is 12.2 Å². The second kappa shape index (κ2) is 16.1. The second-order valence-corrected chi connectivity index (χ2v) is 7.16. The van der Waals surface area contributed by atoms with Crippen LogP contribution in [0.2, 0.25) is 0 Å². The normalized spacial score (nSPS) is 11.5. The molecule has 0 aromatic rings. The van der Waals surface area contributed by atoms with Crippen LogP contribution in [0.15, 0.2) is 4.99 Å². The fourth-order valence-electron chi connectivity index (χ4n) is 1.69. The molecule has 8 heteroatoms. The lowest BCUT2D eigenvalue weighted by Crippen LogP contribution is -2.38. The fourth-order valence-corrected chi connectivity index (χ4v) is 2.19. The van der Waals surface area contributed by atoms with Crippen molar-refractivity contribution in [2.45, 2.75) is 52.6 Å². The molecule has 0 heterocycles. The third-order valence-electron chi connectivity index (χ3n) is 2.68. The number of guanidine groups is 1. The van der Waals surface area contributed by atoms with Crippen LogP contribution in [0.25, 0.3) is 0 Å². The molecule has 144 valence electrons. The Kier molecular flexibility index (Phi) is 17.4. The largest absolute Gasteiger partial charge is 0.444 e. The Hall–Kier alpha value is -0.380. The molecule has 24 heavy (non-hydrogen) atoms. The monoisotopic (exact) mass is 474 g/mol. The molecule has 0 aliphatic rings. The standard InChI is InChI=1S/C16H34N4O2S.HI/c1-6-17-14(18-10-7-8-13-23-5)19-11-9-12-20-15(21)22-16(2,3)4;/h6-13H2,1-5H3,(H,20,21)(H2,17,18,19);1H. The number of carbonyl (C=O) groups excluding carboxylic acids is 1. The molecule has 0 saturated carbocycles. The van der Waals surface area contributed by atoms with E-state index in [9.17, 15) is 4.79 Å². The van der Waals surface area contributed by atoms with E-state index in [4.69, 9.17) is 4.74 Å². The van der Waals surface area contributed by atoms with Gasteiger partial charge in [0.1, 0.15) is 5.60 Å². The highest BCUT2D eigenvalue weighted by atomic mass is 127. The van der Waals surface area contributed by atoms with Gasteiger partial charge < -0.3 is 20.7 Å². The number of amides is 1. The maximum absolute atomic E-state index is 11.5. The minimum atomic E-state index is -0.458. The van der Waals surface area contributed by atoms with Crippen LogP contribution in [0.1, 0.15) is 47.0 Å². The number of ether oxygens (including phenoxy) is 1. The van der Waals surface area contributed by atoms with Gasteiger partial charge in [0.25, 0.3) is 0 Å². The van der Waals surface area contributed by atoms with Crippen LogP contribution in [0, 0.1) is 0 Å². The molecule has 0 fully saturated rings. The van der Waals surface area contributed by atoms with Gasteiger partial charge in [0.05, 0.1) is 0 Å². The zero-order valence-electron chi connectivity index (χ0n) is 15.7. The molecule has 0 aromatic heterocycles. The Morgan fingerprint density at radius 2 is 1.75 bits per heavy atom. The summed E-state index contributed by atoms with van der Waals surface area (Å²) in [6.07, 6.45) is 4.89. The van der Waals surface area contributed by atoms with Crippen LogP contribution in [-0.2, 0) is 4.74 Å². The van der Waals surface area contributed by atoms with Crippen molar-refractivity contribution < 1.29 is 9.53 Å². The molecule has 0 saturated heterocycles. The van der Waals surface area contributed by atoms with Crippen LogP contribution < -0.4 is 16.0 Å². The molecule has 0 bridgehead atoms. The molecule has 0 aromatic carbocycles. The van der Waals surface area contributed by atoms with Gasteiger partial charge in [0, 0.05) is 26.2 Å². The molecule has 6 nitrogen and oxygen atoms in total. The maximum Gasteiger partial charge on any atom is 0.407 e. The van der Waals surface area contributed by atoms with Crippen LogP contribution >= 0.6 is 35.7 Å². The van der Waals surface area contributed by atoms with Crippen molar-refractivity contribution in [3.63, 3.8) is 0 Å². The first-order valence-electron chi connectivity index (χ1n) is 8.37. The van der Waals surface area contributed by atoms with E-state index in [1.807, 2.05) is 32.5 Å². The molecule has 0 spiro atoms. The smallest absolute Gasteiger partial charge is 0.407 e. The summed E-state index contributed by atoms with van der Waals surface area (Å²) < 4.78 is 5.18. The molecule has 0 rings (SSSR count). The Morgan fingerprint density at radius 1 is 1.08 bits per heavy atom. The van der Waals surface area contributed by atoms with Crippen molar-refractivity contribution in [1.29, 1.82) is 0 Å². The molecule has 1 amide bonds. The lowest BCUT2D eigenvalue weighted by molar-refractivity contribution is 0.0527. The zero-order valence-corrected chi connectivity index (χ0v) is 18.9. The average molecular weight is 474 g/mol. The Morgan fingerprint density at radius 3 is 2.33 bits per heavy atom. The predicted molar refractivity (Wildman–Crippen MR) is 116 cm³/mol. The number of rotatable bonds is 10. The topological polar surface area (TPSA) is 74.8 Å². The van der Waals surface area contributed by atoms with E-state index >= 15 is 0 Å². The fraction of sp³-hybridized carbons (Fsp3) is 0.875. The summed E-state index contributed by atoms with van der Waals surface area (Å²) in [5.74, 6) is 2.04. The van der Waals surface area contributed by atoms with Gasteiger partial charge in [-0.15, -0.1) is 24.0 Å². The van der Waals surface area contributed by atoms with Crippen molar-refractivity contribution in [1.82, 2.24) is 16.0 Å². The van der Waals surface area contributed by atoms with Gasteiger partial charge in [0.2, 0.25) is 0 Å². The third kappa shape index (κ3) is 18.0. The second-order valence-electron chi connectivity index (χ2n) is 6.17. The highest BCUT2D eigenvalue weighted by molar-refractivity contribution is 14.0. The van der Waals surface area contributed by atoms with E-state index in [2.05, 4.69) is 34.1 Å². The number of hydrogen-bond donors (Lipinski definition) is 3. The quantitative estimate of drug-likeness (QED) is 0.196. The first-order valence-corrected chi connectivity index (χ1v) is 9.76.